The Hall–Kier alpha value is -0.740. The first-order chi connectivity index (χ1) is 6.90. The maximum Gasteiger partial charge on any atom is 0.261 e. The van der Waals surface area contributed by atoms with Gasteiger partial charge in [-0.3, -0.25) is 0 Å². The third-order valence-electron chi connectivity index (χ3n) is 1.81. The molecule has 1 rings (SSSR count). The average Bonchev–Trinajstić information content (AvgIpc) is 2.15. The Bertz CT molecular complexity index is 534. The van der Waals surface area contributed by atoms with Crippen LogP contribution in [-0.2, 0) is 15.6 Å². The Morgan fingerprint density at radius 1 is 1.53 bits per heavy atom. The molecule has 0 unspecified atom stereocenters. The van der Waals surface area contributed by atoms with E-state index in [1.165, 1.54) is 12.1 Å². The monoisotopic (exact) mass is 262 g/mol. The minimum absolute atomic E-state index is 0.115. The molecule has 0 aliphatic carbocycles. The zero-order valence-electron chi connectivity index (χ0n) is 7.44. The van der Waals surface area contributed by atoms with Crippen LogP contribution in [0, 0.1) is 11.3 Å². The van der Waals surface area contributed by atoms with Gasteiger partial charge in [-0.1, -0.05) is 0 Å². The van der Waals surface area contributed by atoms with E-state index in [1.807, 2.05) is 6.07 Å². The van der Waals surface area contributed by atoms with E-state index in [0.717, 1.165) is 0 Å². The summed E-state index contributed by atoms with van der Waals surface area (Å²) >= 11 is 4.05. The number of rotatable bonds is 2. The lowest BCUT2D eigenvalue weighted by Gasteiger charge is -2.06. The summed E-state index contributed by atoms with van der Waals surface area (Å²) in [6.45, 7) is 0.115. The Morgan fingerprint density at radius 2 is 2.13 bits per heavy atom. The van der Waals surface area contributed by atoms with Crippen molar-refractivity contribution in [2.45, 2.75) is 16.3 Å². The molecule has 4 nitrogen and oxygen atoms in total. The van der Waals surface area contributed by atoms with Crippen molar-refractivity contribution in [3.8, 4) is 6.07 Å². The van der Waals surface area contributed by atoms with Crippen molar-refractivity contribution >= 4 is 32.4 Å². The fourth-order valence-corrected chi connectivity index (χ4v) is 2.31. The first kappa shape index (κ1) is 12.3. The maximum atomic E-state index is 11.0. The van der Waals surface area contributed by atoms with E-state index in [1.54, 1.807) is 0 Å². The summed E-state index contributed by atoms with van der Waals surface area (Å²) in [7, 11) is 1.30. The van der Waals surface area contributed by atoms with Gasteiger partial charge in [0.2, 0.25) is 0 Å². The molecule has 2 N–H and O–H groups in total. The topological polar surface area (TPSA) is 84.0 Å². The number of hydrogen-bond acceptors (Lipinski definition) is 5. The normalized spacial score (nSPS) is 11.1. The molecule has 0 saturated heterocycles. The largest absolute Gasteiger partial charge is 0.326 e. The third-order valence-corrected chi connectivity index (χ3v) is 3.54. The van der Waals surface area contributed by atoms with Crippen LogP contribution >= 0.6 is 23.3 Å². The molecular weight excluding hydrogens is 256 g/mol. The summed E-state index contributed by atoms with van der Waals surface area (Å²) < 4.78 is 22.1. The lowest BCUT2D eigenvalue weighted by atomic mass is 10.1. The fraction of sp³-hybridized carbons (Fsp3) is 0.125. The number of nitriles is 1. The number of benzene rings is 1. The predicted molar refractivity (Wildman–Crippen MR) is 59.3 cm³/mol. The van der Waals surface area contributed by atoms with E-state index >= 15 is 0 Å². The zero-order valence-corrected chi connectivity index (χ0v) is 9.90. The van der Waals surface area contributed by atoms with Gasteiger partial charge in [0.15, 0.2) is 0 Å². The Balaban J connectivity index is 3.55. The average molecular weight is 263 g/mol. The molecule has 0 atom stereocenters. The van der Waals surface area contributed by atoms with Crippen molar-refractivity contribution in [2.75, 3.05) is 0 Å². The lowest BCUT2D eigenvalue weighted by Crippen LogP contribution is -2.03. The molecule has 1 aromatic rings. The molecule has 0 heterocycles. The molecule has 1 aromatic carbocycles. The van der Waals surface area contributed by atoms with Gasteiger partial charge in [0.05, 0.1) is 16.5 Å². The van der Waals surface area contributed by atoms with E-state index in [4.69, 9.17) is 21.7 Å². The van der Waals surface area contributed by atoms with Gasteiger partial charge in [-0.2, -0.15) is 5.26 Å². The van der Waals surface area contributed by atoms with Crippen molar-refractivity contribution in [3.63, 3.8) is 0 Å². The molecule has 0 radical (unpaired) electrons. The predicted octanol–water partition coefficient (Wildman–Crippen LogP) is 1.23. The molecule has 7 heteroatoms. The Morgan fingerprint density at radius 3 is 2.53 bits per heavy atom. The molecular formula is C8H7ClN2O2S2. The molecule has 0 aliphatic rings. The van der Waals surface area contributed by atoms with Gasteiger partial charge in [-0.15, -0.1) is 12.6 Å². The third kappa shape index (κ3) is 2.63. The molecule has 0 aliphatic heterocycles. The van der Waals surface area contributed by atoms with Crippen LogP contribution in [0.1, 0.15) is 11.1 Å². The van der Waals surface area contributed by atoms with Gasteiger partial charge in [-0.25, -0.2) is 8.42 Å². The van der Waals surface area contributed by atoms with Crippen LogP contribution in [0.4, 0.5) is 0 Å². The highest BCUT2D eigenvalue weighted by molar-refractivity contribution is 8.13. The van der Waals surface area contributed by atoms with Gasteiger partial charge in [0, 0.05) is 22.1 Å². The molecule has 0 bridgehead atoms. The van der Waals surface area contributed by atoms with Crippen molar-refractivity contribution in [1.29, 1.82) is 5.26 Å². The molecule has 0 aromatic heterocycles. The smallest absolute Gasteiger partial charge is 0.261 e. The van der Waals surface area contributed by atoms with Gasteiger partial charge in [0.1, 0.15) is 0 Å². The van der Waals surface area contributed by atoms with Gasteiger partial charge >= 0.3 is 0 Å². The molecule has 0 saturated carbocycles. The highest BCUT2D eigenvalue weighted by atomic mass is 35.7. The molecule has 0 fully saturated rings. The Labute approximate surface area is 97.5 Å². The van der Waals surface area contributed by atoms with Crippen LogP contribution < -0.4 is 5.73 Å². The SMILES string of the molecule is N#Cc1cc(S(=O)(=O)Cl)cc(S)c1CN. The van der Waals surface area contributed by atoms with E-state index in [2.05, 4.69) is 12.6 Å². The second kappa shape index (κ2) is 4.41. The maximum absolute atomic E-state index is 11.0. The van der Waals surface area contributed by atoms with Gasteiger partial charge < -0.3 is 5.73 Å². The van der Waals surface area contributed by atoms with E-state index in [9.17, 15) is 8.42 Å². The summed E-state index contributed by atoms with van der Waals surface area (Å²) in [5.74, 6) is 0. The van der Waals surface area contributed by atoms with Crippen LogP contribution in [0.3, 0.4) is 0 Å². The zero-order chi connectivity index (χ0) is 11.6. The number of nitrogens with two attached hydrogens (primary N) is 1. The van der Waals surface area contributed by atoms with Crippen molar-refractivity contribution in [3.05, 3.63) is 23.3 Å². The van der Waals surface area contributed by atoms with Crippen LogP contribution in [0.5, 0.6) is 0 Å². The summed E-state index contributed by atoms with van der Waals surface area (Å²) in [6, 6.07) is 4.30. The Kier molecular flexibility index (Phi) is 3.62. The minimum Gasteiger partial charge on any atom is -0.326 e. The summed E-state index contributed by atoms with van der Waals surface area (Å²) in [5.41, 5.74) is 6.08. The summed E-state index contributed by atoms with van der Waals surface area (Å²) in [5, 5.41) is 8.79. The number of thiol groups is 1. The van der Waals surface area contributed by atoms with Crippen LogP contribution in [0.25, 0.3) is 0 Å². The second-order valence-electron chi connectivity index (χ2n) is 2.72. The summed E-state index contributed by atoms with van der Waals surface area (Å²) in [4.78, 5) is 0.193. The fourth-order valence-electron chi connectivity index (χ4n) is 1.09. The second-order valence-corrected chi connectivity index (χ2v) is 5.77. The quantitative estimate of drug-likeness (QED) is 0.620. The molecule has 15 heavy (non-hydrogen) atoms. The highest BCUT2D eigenvalue weighted by Gasteiger charge is 2.15. The van der Waals surface area contributed by atoms with E-state index in [-0.39, 0.29) is 17.0 Å². The van der Waals surface area contributed by atoms with E-state index in [0.29, 0.717) is 10.5 Å². The standard InChI is InChI=1S/C8H7ClN2O2S2/c9-15(12,13)6-1-5(3-10)7(4-11)8(14)2-6/h1-2,14H,4,11H2. The molecule has 80 valence electrons. The van der Waals surface area contributed by atoms with Crippen molar-refractivity contribution in [2.24, 2.45) is 5.73 Å². The van der Waals surface area contributed by atoms with Gasteiger partial charge in [-0.05, 0) is 17.7 Å². The number of hydrogen-bond donors (Lipinski definition) is 2. The lowest BCUT2D eigenvalue weighted by molar-refractivity contribution is 0.609. The number of nitrogens with zero attached hydrogens (tertiary/aromatic N) is 1. The molecule has 0 spiro atoms. The van der Waals surface area contributed by atoms with Crippen LogP contribution in [-0.4, -0.2) is 8.42 Å². The number of halogens is 1. The first-order valence-electron chi connectivity index (χ1n) is 3.81. The minimum atomic E-state index is -3.85. The molecule has 0 amide bonds. The van der Waals surface area contributed by atoms with Crippen LogP contribution in [0.15, 0.2) is 21.9 Å². The summed E-state index contributed by atoms with van der Waals surface area (Å²) in [6.07, 6.45) is 0. The first-order valence-corrected chi connectivity index (χ1v) is 6.56. The van der Waals surface area contributed by atoms with Gasteiger partial charge in [0.25, 0.3) is 9.05 Å². The van der Waals surface area contributed by atoms with Crippen LogP contribution in [0.2, 0.25) is 0 Å². The van der Waals surface area contributed by atoms with Crippen molar-refractivity contribution < 1.29 is 8.42 Å². The van der Waals surface area contributed by atoms with E-state index < -0.39 is 9.05 Å². The highest BCUT2D eigenvalue weighted by Crippen LogP contribution is 2.25. The van der Waals surface area contributed by atoms with Crippen molar-refractivity contribution in [1.82, 2.24) is 0 Å².